The molecule has 0 saturated heterocycles. The zero-order valence-electron chi connectivity index (χ0n) is 11.9. The lowest BCUT2D eigenvalue weighted by atomic mass is 9.84. The smallest absolute Gasteiger partial charge is 0.166 e. The Hall–Kier alpha value is -1.57. The van der Waals surface area contributed by atoms with Crippen LogP contribution in [0.15, 0.2) is 35.9 Å². The van der Waals surface area contributed by atoms with Crippen molar-refractivity contribution in [2.75, 3.05) is 6.61 Å². The van der Waals surface area contributed by atoms with Gasteiger partial charge in [0.05, 0.1) is 12.5 Å². The van der Waals surface area contributed by atoms with E-state index in [9.17, 15) is 4.79 Å². The molecule has 2 heteroatoms. The van der Waals surface area contributed by atoms with Gasteiger partial charge in [-0.15, -0.1) is 0 Å². The molecule has 0 bridgehead atoms. The average molecular weight is 270 g/mol. The molecule has 0 N–H and O–H groups in total. The van der Waals surface area contributed by atoms with Crippen LogP contribution in [0.2, 0.25) is 0 Å². The van der Waals surface area contributed by atoms with Crippen LogP contribution in [0.1, 0.15) is 56.4 Å². The third kappa shape index (κ3) is 2.79. The molecule has 2 nitrogen and oxygen atoms in total. The summed E-state index contributed by atoms with van der Waals surface area (Å²) < 4.78 is 5.66. The maximum atomic E-state index is 12.9. The molecule has 1 unspecified atom stereocenters. The molecule has 1 aliphatic carbocycles. The average Bonchev–Trinajstić information content (AvgIpc) is 2.46. The minimum Gasteiger partial charge on any atom is -0.493 e. The first kappa shape index (κ1) is 13.4. The minimum absolute atomic E-state index is 0.00521. The number of ether oxygens (including phenoxy) is 1. The molecule has 0 fully saturated rings. The molecule has 0 saturated carbocycles. The van der Waals surface area contributed by atoms with Crippen LogP contribution >= 0.6 is 0 Å². The van der Waals surface area contributed by atoms with Crippen LogP contribution in [0.4, 0.5) is 0 Å². The van der Waals surface area contributed by atoms with Crippen LogP contribution in [0.5, 0.6) is 5.75 Å². The van der Waals surface area contributed by atoms with Gasteiger partial charge in [-0.05, 0) is 43.7 Å². The van der Waals surface area contributed by atoms with Crippen molar-refractivity contribution in [1.82, 2.24) is 0 Å². The summed E-state index contributed by atoms with van der Waals surface area (Å²) in [4.78, 5) is 12.9. The third-order valence-electron chi connectivity index (χ3n) is 4.38. The van der Waals surface area contributed by atoms with Gasteiger partial charge in [0.2, 0.25) is 0 Å². The van der Waals surface area contributed by atoms with Crippen molar-refractivity contribution in [3.05, 3.63) is 41.5 Å². The predicted octanol–water partition coefficient (Wildman–Crippen LogP) is 4.40. The molecule has 106 valence electrons. The van der Waals surface area contributed by atoms with Crippen molar-refractivity contribution in [3.63, 3.8) is 0 Å². The van der Waals surface area contributed by atoms with Gasteiger partial charge in [-0.2, -0.15) is 0 Å². The Kier molecular flexibility index (Phi) is 4.19. The Morgan fingerprint density at radius 3 is 2.90 bits per heavy atom. The summed E-state index contributed by atoms with van der Waals surface area (Å²) >= 11 is 0. The number of rotatable bonds is 2. The highest BCUT2D eigenvalue weighted by atomic mass is 16.5. The van der Waals surface area contributed by atoms with Gasteiger partial charge in [-0.1, -0.05) is 37.1 Å². The van der Waals surface area contributed by atoms with Crippen molar-refractivity contribution >= 4 is 5.78 Å². The van der Waals surface area contributed by atoms with Crippen molar-refractivity contribution in [1.29, 1.82) is 0 Å². The molecule has 1 heterocycles. The Bertz CT molecular complexity index is 516. The summed E-state index contributed by atoms with van der Waals surface area (Å²) in [6, 6.07) is 7.99. The standard InChI is InChI=1S/C18H22O2/c19-18(14-8-4-2-1-3-5-9-14)16-12-13-20-17-11-7-6-10-15(16)17/h6-8,10-11,16H,1-5,9,12-13H2/b14-8+. The number of carbonyl (C=O) groups is 1. The summed E-state index contributed by atoms with van der Waals surface area (Å²) in [5.74, 6) is 1.23. The Morgan fingerprint density at radius 2 is 1.95 bits per heavy atom. The van der Waals surface area contributed by atoms with Crippen molar-refractivity contribution in [2.24, 2.45) is 0 Å². The number of hydrogen-bond donors (Lipinski definition) is 0. The van der Waals surface area contributed by atoms with Gasteiger partial charge in [0.15, 0.2) is 5.78 Å². The number of allylic oxidation sites excluding steroid dienone is 2. The highest BCUT2D eigenvalue weighted by Gasteiger charge is 2.29. The van der Waals surface area contributed by atoms with E-state index >= 15 is 0 Å². The molecule has 1 aromatic carbocycles. The van der Waals surface area contributed by atoms with Crippen molar-refractivity contribution < 1.29 is 9.53 Å². The van der Waals surface area contributed by atoms with Gasteiger partial charge in [0.1, 0.15) is 5.75 Å². The van der Waals surface area contributed by atoms with Crippen LogP contribution in [-0.4, -0.2) is 12.4 Å². The monoisotopic (exact) mass is 270 g/mol. The molecule has 20 heavy (non-hydrogen) atoms. The normalized spacial score (nSPS) is 25.4. The molecule has 2 aliphatic rings. The van der Waals surface area contributed by atoms with Crippen molar-refractivity contribution in [3.8, 4) is 5.75 Å². The lowest BCUT2D eigenvalue weighted by Gasteiger charge is -2.26. The molecule has 0 aromatic heterocycles. The summed E-state index contributed by atoms with van der Waals surface area (Å²) in [6.07, 6.45) is 9.97. The lowest BCUT2D eigenvalue weighted by molar-refractivity contribution is -0.117. The van der Waals surface area contributed by atoms with E-state index in [4.69, 9.17) is 4.74 Å². The fraction of sp³-hybridized carbons (Fsp3) is 0.500. The van der Waals surface area contributed by atoms with E-state index in [1.807, 2.05) is 24.3 Å². The number of fused-ring (bicyclic) bond motifs is 1. The number of carbonyl (C=O) groups excluding carboxylic acids is 1. The van der Waals surface area contributed by atoms with Gasteiger partial charge in [0, 0.05) is 5.56 Å². The Balaban J connectivity index is 1.84. The van der Waals surface area contributed by atoms with Crippen LogP contribution in [0.3, 0.4) is 0 Å². The van der Waals surface area contributed by atoms with Crippen LogP contribution in [0.25, 0.3) is 0 Å². The van der Waals surface area contributed by atoms with Crippen LogP contribution in [0, 0.1) is 0 Å². The van der Waals surface area contributed by atoms with E-state index in [0.717, 1.165) is 42.6 Å². The fourth-order valence-corrected chi connectivity index (χ4v) is 3.25. The van der Waals surface area contributed by atoms with E-state index in [2.05, 4.69) is 6.08 Å². The molecule has 1 aromatic rings. The SMILES string of the molecule is O=C(/C1=C/CCCCCC1)C1CCOc2ccccc21. The third-order valence-corrected chi connectivity index (χ3v) is 4.38. The van der Waals surface area contributed by atoms with Crippen LogP contribution in [-0.2, 0) is 4.79 Å². The largest absolute Gasteiger partial charge is 0.493 e. The van der Waals surface area contributed by atoms with Gasteiger partial charge in [-0.3, -0.25) is 4.79 Å². The molecule has 0 radical (unpaired) electrons. The highest BCUT2D eigenvalue weighted by molar-refractivity contribution is 6.00. The Morgan fingerprint density at radius 1 is 1.10 bits per heavy atom. The maximum absolute atomic E-state index is 12.9. The molecular weight excluding hydrogens is 248 g/mol. The maximum Gasteiger partial charge on any atom is 0.166 e. The second kappa shape index (κ2) is 6.25. The molecule has 0 spiro atoms. The molecule has 1 aliphatic heterocycles. The fourth-order valence-electron chi connectivity index (χ4n) is 3.25. The van der Waals surface area contributed by atoms with Gasteiger partial charge in [0.25, 0.3) is 0 Å². The molecule has 1 atom stereocenters. The lowest BCUT2D eigenvalue weighted by Crippen LogP contribution is -2.22. The Labute approximate surface area is 120 Å². The number of hydrogen-bond acceptors (Lipinski definition) is 2. The number of para-hydroxylation sites is 1. The molecule has 0 amide bonds. The summed E-state index contributed by atoms with van der Waals surface area (Å²) in [5.41, 5.74) is 2.14. The second-order valence-electron chi connectivity index (χ2n) is 5.77. The van der Waals surface area contributed by atoms with E-state index < -0.39 is 0 Å². The quantitative estimate of drug-likeness (QED) is 0.796. The second-order valence-corrected chi connectivity index (χ2v) is 5.77. The first-order chi connectivity index (χ1) is 9.86. The zero-order valence-corrected chi connectivity index (χ0v) is 11.9. The molecule has 3 rings (SSSR count). The molecular formula is C18H22O2. The van der Waals surface area contributed by atoms with E-state index in [0.29, 0.717) is 12.4 Å². The first-order valence-electron chi connectivity index (χ1n) is 7.81. The van der Waals surface area contributed by atoms with Crippen LogP contribution < -0.4 is 4.74 Å². The first-order valence-corrected chi connectivity index (χ1v) is 7.81. The van der Waals surface area contributed by atoms with E-state index in [-0.39, 0.29) is 5.92 Å². The summed E-state index contributed by atoms with van der Waals surface area (Å²) in [7, 11) is 0. The summed E-state index contributed by atoms with van der Waals surface area (Å²) in [6.45, 7) is 0.653. The minimum atomic E-state index is 0.00521. The van der Waals surface area contributed by atoms with E-state index in [1.54, 1.807) is 0 Å². The zero-order chi connectivity index (χ0) is 13.8. The van der Waals surface area contributed by atoms with Gasteiger partial charge >= 0.3 is 0 Å². The number of ketones is 1. The van der Waals surface area contributed by atoms with Crippen molar-refractivity contribution in [2.45, 2.75) is 50.9 Å². The summed E-state index contributed by atoms with van der Waals surface area (Å²) in [5, 5.41) is 0. The number of benzene rings is 1. The number of Topliss-reactive ketones (excluding diaryl/α,β-unsaturated/α-hetero) is 1. The highest BCUT2D eigenvalue weighted by Crippen LogP contribution is 2.36. The topological polar surface area (TPSA) is 26.3 Å². The van der Waals surface area contributed by atoms with Gasteiger partial charge < -0.3 is 4.74 Å². The van der Waals surface area contributed by atoms with Gasteiger partial charge in [-0.25, -0.2) is 0 Å². The predicted molar refractivity (Wildman–Crippen MR) is 80.1 cm³/mol. The van der Waals surface area contributed by atoms with E-state index in [1.165, 1.54) is 19.3 Å².